The van der Waals surface area contributed by atoms with Gasteiger partial charge < -0.3 is 0 Å². The van der Waals surface area contributed by atoms with Crippen LogP contribution in [0.5, 0.6) is 0 Å². The second-order valence-corrected chi connectivity index (χ2v) is 3.99. The fraction of sp³-hybridized carbons (Fsp3) is 0.308. The third-order valence-electron chi connectivity index (χ3n) is 2.30. The average molecular weight is 215 g/mol. The summed E-state index contributed by atoms with van der Waals surface area (Å²) in [5.74, 6) is 0.0670. The Morgan fingerprint density at radius 2 is 2.12 bits per heavy atom. The Labute approximate surface area is 94.7 Å². The van der Waals surface area contributed by atoms with Crippen molar-refractivity contribution in [1.29, 1.82) is 5.26 Å². The van der Waals surface area contributed by atoms with Crippen LogP contribution < -0.4 is 0 Å². The lowest BCUT2D eigenvalue weighted by Gasteiger charge is -2.05. The van der Waals surface area contributed by atoms with Gasteiger partial charge in [0.05, 0.1) is 11.6 Å². The van der Waals surface area contributed by atoms with Gasteiger partial charge in [-0.1, -0.05) is 13.8 Å². The largest absolute Gasteiger partial charge is 0.299 e. The van der Waals surface area contributed by atoms with Crippen LogP contribution in [0.2, 0.25) is 0 Å². The summed E-state index contributed by atoms with van der Waals surface area (Å²) in [4.78, 5) is 22.2. The van der Waals surface area contributed by atoms with Crippen molar-refractivity contribution in [3.63, 3.8) is 0 Å². The predicted molar refractivity (Wildman–Crippen MR) is 60.1 cm³/mol. The maximum Gasteiger partial charge on any atom is 0.150 e. The van der Waals surface area contributed by atoms with E-state index in [0.717, 1.165) is 5.56 Å². The van der Waals surface area contributed by atoms with Crippen molar-refractivity contribution in [3.05, 3.63) is 34.9 Å². The van der Waals surface area contributed by atoms with Gasteiger partial charge in [0.25, 0.3) is 0 Å². The first-order chi connectivity index (χ1) is 7.56. The number of ketones is 1. The fourth-order valence-corrected chi connectivity index (χ4v) is 1.36. The third kappa shape index (κ3) is 3.03. The van der Waals surface area contributed by atoms with Gasteiger partial charge in [0, 0.05) is 17.9 Å². The molecule has 0 saturated heterocycles. The van der Waals surface area contributed by atoms with Gasteiger partial charge in [0.15, 0.2) is 0 Å². The lowest BCUT2D eigenvalue weighted by molar-refractivity contribution is -0.121. The third-order valence-corrected chi connectivity index (χ3v) is 2.30. The first kappa shape index (κ1) is 12.1. The maximum atomic E-state index is 11.5. The lowest BCUT2D eigenvalue weighted by Crippen LogP contribution is -2.10. The van der Waals surface area contributed by atoms with E-state index in [0.29, 0.717) is 17.4 Å². The van der Waals surface area contributed by atoms with E-state index < -0.39 is 0 Å². The van der Waals surface area contributed by atoms with Gasteiger partial charge in [-0.25, -0.2) is 0 Å². The van der Waals surface area contributed by atoms with Crippen LogP contribution in [-0.2, 0) is 11.2 Å². The summed E-state index contributed by atoms with van der Waals surface area (Å²) in [6, 6.07) is 6.78. The number of carbonyl (C=O) groups is 2. The van der Waals surface area contributed by atoms with Gasteiger partial charge >= 0.3 is 0 Å². The van der Waals surface area contributed by atoms with E-state index in [1.54, 1.807) is 12.1 Å². The van der Waals surface area contributed by atoms with Gasteiger partial charge in [-0.15, -0.1) is 0 Å². The number of carbonyl (C=O) groups excluding carboxylic acids is 2. The molecule has 0 saturated carbocycles. The molecule has 0 aliphatic heterocycles. The molecule has 0 radical (unpaired) electrons. The summed E-state index contributed by atoms with van der Waals surface area (Å²) in [6.45, 7) is 3.66. The van der Waals surface area contributed by atoms with Crippen LogP contribution in [0.1, 0.15) is 35.3 Å². The quantitative estimate of drug-likeness (QED) is 0.723. The molecule has 0 atom stereocenters. The van der Waals surface area contributed by atoms with Crippen molar-refractivity contribution in [2.45, 2.75) is 20.3 Å². The highest BCUT2D eigenvalue weighted by Gasteiger charge is 2.09. The highest BCUT2D eigenvalue weighted by molar-refractivity contribution is 5.83. The fourth-order valence-electron chi connectivity index (χ4n) is 1.36. The van der Waals surface area contributed by atoms with Crippen LogP contribution in [-0.4, -0.2) is 12.1 Å². The van der Waals surface area contributed by atoms with Crippen LogP contribution in [0, 0.1) is 17.2 Å². The molecule has 0 amide bonds. The van der Waals surface area contributed by atoms with Gasteiger partial charge in [0.1, 0.15) is 12.1 Å². The Balaban J connectivity index is 3.01. The summed E-state index contributed by atoms with van der Waals surface area (Å²) in [5, 5.41) is 8.77. The van der Waals surface area contributed by atoms with Gasteiger partial charge in [-0.2, -0.15) is 5.26 Å². The molecule has 0 fully saturated rings. The molecular weight excluding hydrogens is 202 g/mol. The molecule has 0 bridgehead atoms. The smallest absolute Gasteiger partial charge is 0.150 e. The first-order valence-corrected chi connectivity index (χ1v) is 5.08. The van der Waals surface area contributed by atoms with Crippen molar-refractivity contribution in [2.24, 2.45) is 5.92 Å². The average Bonchev–Trinajstić information content (AvgIpc) is 2.28. The number of Topliss-reactive ketones (excluding diaryl/α,β-unsaturated/α-hetero) is 1. The second-order valence-electron chi connectivity index (χ2n) is 3.99. The second kappa shape index (κ2) is 5.22. The molecule has 1 aromatic rings. The molecule has 82 valence electrons. The van der Waals surface area contributed by atoms with E-state index in [2.05, 4.69) is 0 Å². The summed E-state index contributed by atoms with van der Waals surface area (Å²) in [6.07, 6.45) is 0.957. The number of rotatable bonds is 4. The number of hydrogen-bond acceptors (Lipinski definition) is 3. The van der Waals surface area contributed by atoms with Crippen molar-refractivity contribution in [2.75, 3.05) is 0 Å². The van der Waals surface area contributed by atoms with Crippen molar-refractivity contribution in [3.8, 4) is 6.07 Å². The molecule has 0 aromatic heterocycles. The van der Waals surface area contributed by atoms with Gasteiger partial charge in [-0.3, -0.25) is 9.59 Å². The predicted octanol–water partition coefficient (Wildman–Crippen LogP) is 2.14. The zero-order chi connectivity index (χ0) is 12.1. The zero-order valence-corrected chi connectivity index (χ0v) is 9.36. The number of nitriles is 1. The van der Waals surface area contributed by atoms with E-state index in [9.17, 15) is 9.59 Å². The number of benzene rings is 1. The summed E-state index contributed by atoms with van der Waals surface area (Å²) >= 11 is 0. The summed E-state index contributed by atoms with van der Waals surface area (Å²) < 4.78 is 0. The van der Waals surface area contributed by atoms with Crippen LogP contribution in [0.15, 0.2) is 18.2 Å². The molecule has 0 aliphatic rings. The van der Waals surface area contributed by atoms with Crippen molar-refractivity contribution < 1.29 is 9.59 Å². The molecular formula is C13H13NO2. The monoisotopic (exact) mass is 215 g/mol. The molecule has 3 nitrogen and oxygen atoms in total. The number of hydrogen-bond donors (Lipinski definition) is 0. The minimum Gasteiger partial charge on any atom is -0.299 e. The first-order valence-electron chi connectivity index (χ1n) is 5.08. The van der Waals surface area contributed by atoms with Crippen molar-refractivity contribution in [1.82, 2.24) is 0 Å². The van der Waals surface area contributed by atoms with E-state index in [1.165, 1.54) is 6.07 Å². The molecule has 1 rings (SSSR count). The minimum absolute atomic E-state index is 0.0366. The maximum absolute atomic E-state index is 11.5. The summed E-state index contributed by atoms with van der Waals surface area (Å²) in [7, 11) is 0. The molecule has 1 aromatic carbocycles. The van der Waals surface area contributed by atoms with E-state index in [4.69, 9.17) is 5.26 Å². The Kier molecular flexibility index (Phi) is 3.96. The number of nitrogens with zero attached hydrogens (tertiary/aromatic N) is 1. The molecule has 0 heterocycles. The Bertz CT molecular complexity index is 455. The van der Waals surface area contributed by atoms with Crippen molar-refractivity contribution >= 4 is 12.1 Å². The molecule has 3 heteroatoms. The standard InChI is InChI=1S/C13H13NO2/c1-9(2)13(16)6-10-3-11(7-14)5-12(4-10)8-15/h3-5,8-9H,6H2,1-2H3. The van der Waals surface area contributed by atoms with E-state index >= 15 is 0 Å². The Hall–Kier alpha value is -1.95. The molecule has 0 N–H and O–H groups in total. The normalized spacial score (nSPS) is 9.88. The molecule has 0 spiro atoms. The highest BCUT2D eigenvalue weighted by atomic mass is 16.1. The van der Waals surface area contributed by atoms with Gasteiger partial charge in [0.2, 0.25) is 0 Å². The lowest BCUT2D eigenvalue weighted by atomic mass is 9.98. The van der Waals surface area contributed by atoms with E-state index in [1.807, 2.05) is 19.9 Å². The van der Waals surface area contributed by atoms with E-state index in [-0.39, 0.29) is 18.1 Å². The Morgan fingerprint density at radius 1 is 1.44 bits per heavy atom. The molecule has 16 heavy (non-hydrogen) atoms. The Morgan fingerprint density at radius 3 is 2.62 bits per heavy atom. The van der Waals surface area contributed by atoms with Crippen LogP contribution >= 0.6 is 0 Å². The van der Waals surface area contributed by atoms with Crippen LogP contribution in [0.25, 0.3) is 0 Å². The minimum atomic E-state index is -0.0366. The van der Waals surface area contributed by atoms with Gasteiger partial charge in [-0.05, 0) is 23.8 Å². The van der Waals surface area contributed by atoms with Crippen LogP contribution in [0.4, 0.5) is 0 Å². The zero-order valence-electron chi connectivity index (χ0n) is 9.36. The summed E-state index contributed by atoms with van der Waals surface area (Å²) in [5.41, 5.74) is 1.57. The SMILES string of the molecule is CC(C)C(=O)Cc1cc(C#N)cc(C=O)c1. The molecule has 0 unspecified atom stereocenters. The highest BCUT2D eigenvalue weighted by Crippen LogP contribution is 2.11. The number of aldehydes is 1. The molecule has 0 aliphatic carbocycles. The van der Waals surface area contributed by atoms with Crippen LogP contribution in [0.3, 0.4) is 0 Å². The topological polar surface area (TPSA) is 57.9 Å².